The van der Waals surface area contributed by atoms with Gasteiger partial charge >= 0.3 is 0 Å². The van der Waals surface area contributed by atoms with Crippen molar-refractivity contribution in [3.05, 3.63) is 53.6 Å². The molecule has 4 nitrogen and oxygen atoms in total. The van der Waals surface area contributed by atoms with E-state index in [1.165, 1.54) is 0 Å². The van der Waals surface area contributed by atoms with Gasteiger partial charge in [-0.25, -0.2) is 0 Å². The summed E-state index contributed by atoms with van der Waals surface area (Å²) in [6, 6.07) is 13.9. The number of fused-ring (bicyclic) bond motifs is 1. The number of nitrogens with one attached hydrogen (secondary N) is 1. The first kappa shape index (κ1) is 20.0. The fourth-order valence-corrected chi connectivity index (χ4v) is 4.00. The molecule has 1 amide bonds. The molecule has 2 atom stereocenters. The van der Waals surface area contributed by atoms with Crippen LogP contribution in [0, 0.1) is 17.8 Å². The lowest BCUT2D eigenvalue weighted by Gasteiger charge is -2.37. The van der Waals surface area contributed by atoms with Crippen molar-refractivity contribution in [2.75, 3.05) is 18.6 Å². The van der Waals surface area contributed by atoms with Gasteiger partial charge in [0.25, 0.3) is 0 Å². The molecule has 1 unspecified atom stereocenters. The van der Waals surface area contributed by atoms with E-state index in [4.69, 9.17) is 0 Å². The molecule has 28 heavy (non-hydrogen) atoms. The molecule has 1 aliphatic heterocycles. The van der Waals surface area contributed by atoms with E-state index in [1.807, 2.05) is 46.0 Å². The number of aliphatic hydroxyl groups excluding tert-OH is 1. The Labute approximate surface area is 167 Å². The monoisotopic (exact) mass is 376 g/mol. The van der Waals surface area contributed by atoms with Crippen LogP contribution < -0.4 is 10.2 Å². The van der Waals surface area contributed by atoms with Gasteiger partial charge in [0, 0.05) is 18.3 Å². The van der Waals surface area contributed by atoms with Crippen LogP contribution in [-0.4, -0.2) is 36.8 Å². The van der Waals surface area contributed by atoms with Crippen LogP contribution in [0.2, 0.25) is 0 Å². The van der Waals surface area contributed by atoms with E-state index in [1.54, 1.807) is 0 Å². The number of likely N-dealkylation sites (N-methyl/N-ethyl adjacent to an activating group) is 1. The van der Waals surface area contributed by atoms with Crippen molar-refractivity contribution < 1.29 is 9.90 Å². The van der Waals surface area contributed by atoms with Crippen molar-refractivity contribution in [3.8, 4) is 23.0 Å². The molecule has 0 saturated heterocycles. The molecular weight excluding hydrogens is 348 g/mol. The maximum absolute atomic E-state index is 12.8. The molecule has 0 aliphatic carbocycles. The van der Waals surface area contributed by atoms with Crippen LogP contribution in [0.25, 0.3) is 11.1 Å². The largest absolute Gasteiger partial charge is 0.394 e. The standard InChI is InChI=1S/C24H28N2O2/c1-5-8-17-9-6-7-10-21(17)18-11-12-19-13-20(15-27)25-24(28)23(16(2)3)26(4)22(19)14-18/h6-7,9-12,14,16,20,23,27H,13,15H2,1-4H3,(H,25,28)/t20-,23?/m0/s1. The van der Waals surface area contributed by atoms with Gasteiger partial charge < -0.3 is 15.3 Å². The summed E-state index contributed by atoms with van der Waals surface area (Å²) in [6.45, 7) is 5.86. The number of hydrogen-bond donors (Lipinski definition) is 2. The molecule has 0 fully saturated rings. The van der Waals surface area contributed by atoms with Gasteiger partial charge in [0.1, 0.15) is 6.04 Å². The summed E-state index contributed by atoms with van der Waals surface area (Å²) in [6.07, 6.45) is 0.601. The zero-order chi connectivity index (χ0) is 20.3. The molecule has 0 bridgehead atoms. The van der Waals surface area contributed by atoms with Crippen LogP contribution in [-0.2, 0) is 11.2 Å². The number of benzene rings is 2. The maximum atomic E-state index is 12.8. The van der Waals surface area contributed by atoms with Crippen molar-refractivity contribution >= 4 is 11.6 Å². The Hall–Kier alpha value is -2.77. The van der Waals surface area contributed by atoms with Crippen LogP contribution in [0.3, 0.4) is 0 Å². The van der Waals surface area contributed by atoms with Crippen molar-refractivity contribution in [2.24, 2.45) is 5.92 Å². The van der Waals surface area contributed by atoms with Crippen molar-refractivity contribution in [2.45, 2.75) is 39.3 Å². The van der Waals surface area contributed by atoms with E-state index in [9.17, 15) is 9.90 Å². The van der Waals surface area contributed by atoms with Gasteiger partial charge in [-0.2, -0.15) is 0 Å². The molecule has 0 saturated carbocycles. The zero-order valence-corrected chi connectivity index (χ0v) is 17.0. The summed E-state index contributed by atoms with van der Waals surface area (Å²) in [5.74, 6) is 6.26. The molecule has 2 aromatic rings. The SMILES string of the molecule is CC#Cc1ccccc1-c1ccc2c(c1)N(C)C(C(C)C)C(=O)N[C@H](CO)C2. The van der Waals surface area contributed by atoms with Crippen molar-refractivity contribution in [1.29, 1.82) is 0 Å². The first-order chi connectivity index (χ1) is 13.5. The van der Waals surface area contributed by atoms with Crippen LogP contribution in [0.15, 0.2) is 42.5 Å². The lowest BCUT2D eigenvalue weighted by Crippen LogP contribution is -2.54. The molecule has 0 aromatic heterocycles. The summed E-state index contributed by atoms with van der Waals surface area (Å²) in [7, 11) is 1.98. The summed E-state index contributed by atoms with van der Waals surface area (Å²) >= 11 is 0. The van der Waals surface area contributed by atoms with Gasteiger partial charge in [-0.3, -0.25) is 4.79 Å². The van der Waals surface area contributed by atoms with Gasteiger partial charge in [0.2, 0.25) is 5.91 Å². The highest BCUT2D eigenvalue weighted by atomic mass is 16.3. The Morgan fingerprint density at radius 2 is 2.00 bits per heavy atom. The molecule has 1 aliphatic rings. The molecule has 3 rings (SSSR count). The number of amides is 1. The molecule has 1 heterocycles. The number of aliphatic hydroxyl groups is 1. The smallest absolute Gasteiger partial charge is 0.243 e. The Bertz CT molecular complexity index is 924. The Kier molecular flexibility index (Phi) is 6.06. The van der Waals surface area contributed by atoms with E-state index in [0.717, 1.165) is 27.9 Å². The number of carbonyl (C=O) groups excluding carboxylic acids is 1. The molecule has 0 spiro atoms. The number of nitrogens with zero attached hydrogens (tertiary/aromatic N) is 1. The van der Waals surface area contributed by atoms with Crippen molar-refractivity contribution in [3.63, 3.8) is 0 Å². The van der Waals surface area contributed by atoms with Gasteiger partial charge in [-0.05, 0) is 48.1 Å². The van der Waals surface area contributed by atoms with E-state index in [0.29, 0.717) is 6.42 Å². The van der Waals surface area contributed by atoms with Crippen molar-refractivity contribution in [1.82, 2.24) is 5.32 Å². The van der Waals surface area contributed by atoms with E-state index in [-0.39, 0.29) is 30.5 Å². The predicted octanol–water partition coefficient (Wildman–Crippen LogP) is 3.22. The average Bonchev–Trinajstić information content (AvgIpc) is 2.67. The Morgan fingerprint density at radius 3 is 2.68 bits per heavy atom. The quantitative estimate of drug-likeness (QED) is 0.809. The third-order valence-corrected chi connectivity index (χ3v) is 5.31. The normalized spacial score (nSPS) is 19.2. The highest BCUT2D eigenvalue weighted by Crippen LogP contribution is 2.33. The van der Waals surface area contributed by atoms with Gasteiger partial charge in [-0.15, -0.1) is 5.92 Å². The maximum Gasteiger partial charge on any atom is 0.243 e. The number of rotatable bonds is 3. The summed E-state index contributed by atoms with van der Waals surface area (Å²) < 4.78 is 0. The lowest BCUT2D eigenvalue weighted by atomic mass is 9.92. The molecule has 0 radical (unpaired) electrons. The molecular formula is C24H28N2O2. The minimum Gasteiger partial charge on any atom is -0.394 e. The van der Waals surface area contributed by atoms with Gasteiger partial charge in [0.15, 0.2) is 0 Å². The van der Waals surface area contributed by atoms with E-state index < -0.39 is 0 Å². The molecule has 2 N–H and O–H groups in total. The Balaban J connectivity index is 2.14. The lowest BCUT2D eigenvalue weighted by molar-refractivity contribution is -0.124. The number of anilines is 1. The van der Waals surface area contributed by atoms with Crippen LogP contribution >= 0.6 is 0 Å². The van der Waals surface area contributed by atoms with Crippen LogP contribution in [0.5, 0.6) is 0 Å². The zero-order valence-electron chi connectivity index (χ0n) is 17.0. The highest BCUT2D eigenvalue weighted by Gasteiger charge is 2.32. The Morgan fingerprint density at radius 1 is 1.25 bits per heavy atom. The first-order valence-corrected chi connectivity index (χ1v) is 9.75. The van der Waals surface area contributed by atoms with Crippen LogP contribution in [0.4, 0.5) is 5.69 Å². The molecule has 4 heteroatoms. The van der Waals surface area contributed by atoms with Gasteiger partial charge in [-0.1, -0.05) is 50.1 Å². The van der Waals surface area contributed by atoms with Gasteiger partial charge in [0.05, 0.1) is 12.6 Å². The number of carbonyl (C=O) groups is 1. The summed E-state index contributed by atoms with van der Waals surface area (Å²) in [5.41, 5.74) is 5.30. The minimum absolute atomic E-state index is 0.0372. The fourth-order valence-electron chi connectivity index (χ4n) is 4.00. The molecule has 2 aromatic carbocycles. The number of hydrogen-bond acceptors (Lipinski definition) is 3. The second kappa shape index (κ2) is 8.50. The highest BCUT2D eigenvalue weighted by molar-refractivity contribution is 5.87. The van der Waals surface area contributed by atoms with Crippen LogP contribution in [0.1, 0.15) is 31.9 Å². The fraction of sp³-hybridized carbons (Fsp3) is 0.375. The molecule has 146 valence electrons. The van der Waals surface area contributed by atoms with E-state index in [2.05, 4.69) is 46.3 Å². The summed E-state index contributed by atoms with van der Waals surface area (Å²) in [5, 5.41) is 12.7. The third-order valence-electron chi connectivity index (χ3n) is 5.31. The first-order valence-electron chi connectivity index (χ1n) is 9.75. The predicted molar refractivity (Wildman–Crippen MR) is 114 cm³/mol. The minimum atomic E-state index is -0.297. The second-order valence-corrected chi connectivity index (χ2v) is 7.66. The summed E-state index contributed by atoms with van der Waals surface area (Å²) in [4.78, 5) is 14.9. The second-order valence-electron chi connectivity index (χ2n) is 7.66. The van der Waals surface area contributed by atoms with E-state index >= 15 is 0 Å². The topological polar surface area (TPSA) is 52.6 Å². The average molecular weight is 377 g/mol. The third kappa shape index (κ3) is 3.90.